The predicted molar refractivity (Wildman–Crippen MR) is 78.8 cm³/mol. The Morgan fingerprint density at radius 1 is 1.30 bits per heavy atom. The fraction of sp³-hybridized carbons (Fsp3) is 0.571. The maximum absolute atomic E-state index is 12.5. The number of nitrogen functional groups attached to an aromatic ring is 1. The molecule has 5 nitrogen and oxygen atoms in total. The number of aliphatic hydroxyl groups is 1. The topological polar surface area (TPSA) is 92.4 Å². The third-order valence-electron chi connectivity index (χ3n) is 3.92. The predicted octanol–water partition coefficient (Wildman–Crippen LogP) is 1.55. The summed E-state index contributed by atoms with van der Waals surface area (Å²) in [5, 5.41) is 9.61. The van der Waals surface area contributed by atoms with Crippen molar-refractivity contribution in [2.24, 2.45) is 0 Å². The van der Waals surface area contributed by atoms with E-state index in [1.165, 1.54) is 6.07 Å². The van der Waals surface area contributed by atoms with E-state index in [0.29, 0.717) is 12.8 Å². The Kier molecular flexibility index (Phi) is 4.36. The first-order chi connectivity index (χ1) is 9.38. The first-order valence-corrected chi connectivity index (χ1v) is 8.38. The molecule has 0 atom stereocenters. The Morgan fingerprint density at radius 2 is 1.95 bits per heavy atom. The third kappa shape index (κ3) is 3.13. The quantitative estimate of drug-likeness (QED) is 0.735. The molecule has 112 valence electrons. The molecule has 20 heavy (non-hydrogen) atoms. The van der Waals surface area contributed by atoms with E-state index in [0.717, 1.165) is 24.8 Å². The number of aryl methyl sites for hydroxylation is 1. The van der Waals surface area contributed by atoms with Crippen LogP contribution in [-0.4, -0.2) is 25.7 Å². The molecule has 0 saturated heterocycles. The fourth-order valence-electron chi connectivity index (χ4n) is 2.77. The van der Waals surface area contributed by atoms with Crippen LogP contribution in [0.2, 0.25) is 0 Å². The molecule has 1 aromatic rings. The minimum Gasteiger partial charge on any atom is -0.398 e. The number of sulfonamides is 1. The molecule has 0 heterocycles. The van der Waals surface area contributed by atoms with Gasteiger partial charge in [-0.15, -0.1) is 0 Å². The molecule has 1 aliphatic rings. The summed E-state index contributed by atoms with van der Waals surface area (Å²) in [7, 11) is -3.71. The van der Waals surface area contributed by atoms with Gasteiger partial charge >= 0.3 is 0 Å². The largest absolute Gasteiger partial charge is 0.398 e. The average molecular weight is 298 g/mol. The van der Waals surface area contributed by atoms with E-state index in [4.69, 9.17) is 5.73 Å². The van der Waals surface area contributed by atoms with E-state index in [-0.39, 0.29) is 17.2 Å². The summed E-state index contributed by atoms with van der Waals surface area (Å²) in [5.41, 5.74) is 6.22. The van der Waals surface area contributed by atoms with Crippen LogP contribution >= 0.6 is 0 Å². The van der Waals surface area contributed by atoms with Crippen molar-refractivity contribution in [2.75, 3.05) is 12.3 Å². The summed E-state index contributed by atoms with van der Waals surface area (Å²) in [6.45, 7) is 1.68. The van der Waals surface area contributed by atoms with Crippen molar-refractivity contribution in [3.8, 4) is 0 Å². The van der Waals surface area contributed by atoms with E-state index in [9.17, 15) is 13.5 Å². The van der Waals surface area contributed by atoms with Gasteiger partial charge in [-0.3, -0.25) is 0 Å². The number of rotatable bonds is 4. The molecule has 0 radical (unpaired) electrons. The lowest BCUT2D eigenvalue weighted by Crippen LogP contribution is -2.52. The van der Waals surface area contributed by atoms with E-state index in [1.54, 1.807) is 12.1 Å². The number of benzene rings is 1. The standard InChI is InChI=1S/C14H22N2O3S/c1-11-5-6-13(12(15)9-11)20(18,19)16-14(10-17)7-3-2-4-8-14/h5-6,9,16-17H,2-4,7-8,10,15H2,1H3. The van der Waals surface area contributed by atoms with E-state index >= 15 is 0 Å². The Morgan fingerprint density at radius 3 is 2.50 bits per heavy atom. The van der Waals surface area contributed by atoms with E-state index in [2.05, 4.69) is 4.72 Å². The normalized spacial score (nSPS) is 18.9. The molecule has 2 rings (SSSR count). The second-order valence-corrected chi connectivity index (χ2v) is 7.30. The average Bonchev–Trinajstić information content (AvgIpc) is 2.38. The number of nitrogens with one attached hydrogen (secondary N) is 1. The summed E-state index contributed by atoms with van der Waals surface area (Å²) in [6.07, 6.45) is 4.25. The molecule has 4 N–H and O–H groups in total. The Labute approximate surface area is 120 Å². The van der Waals surface area contributed by atoms with Gasteiger partial charge in [-0.05, 0) is 37.5 Å². The highest BCUT2D eigenvalue weighted by molar-refractivity contribution is 7.89. The number of aliphatic hydroxyl groups excluding tert-OH is 1. The molecule has 0 aliphatic heterocycles. The SMILES string of the molecule is Cc1ccc(S(=O)(=O)NC2(CO)CCCCC2)c(N)c1. The smallest absolute Gasteiger partial charge is 0.243 e. The summed E-state index contributed by atoms with van der Waals surface area (Å²) in [5.74, 6) is 0. The molecular formula is C14H22N2O3S. The van der Waals surface area contributed by atoms with Gasteiger partial charge in [-0.2, -0.15) is 0 Å². The monoisotopic (exact) mass is 298 g/mol. The van der Waals surface area contributed by atoms with E-state index in [1.807, 2.05) is 6.92 Å². The first kappa shape index (κ1) is 15.3. The van der Waals surface area contributed by atoms with Gasteiger partial charge in [0.05, 0.1) is 17.8 Å². The lowest BCUT2D eigenvalue weighted by atomic mass is 9.83. The Balaban J connectivity index is 2.30. The summed E-state index contributed by atoms with van der Waals surface area (Å²) < 4.78 is 27.7. The molecule has 1 aliphatic carbocycles. The minimum absolute atomic E-state index is 0.0847. The maximum Gasteiger partial charge on any atom is 0.243 e. The molecule has 6 heteroatoms. The van der Waals surface area contributed by atoms with Crippen molar-refractivity contribution < 1.29 is 13.5 Å². The van der Waals surface area contributed by atoms with Gasteiger partial charge in [-0.1, -0.05) is 25.3 Å². The van der Waals surface area contributed by atoms with Gasteiger partial charge in [0.2, 0.25) is 10.0 Å². The highest BCUT2D eigenvalue weighted by Crippen LogP contribution is 2.30. The zero-order chi connectivity index (χ0) is 14.8. The summed E-state index contributed by atoms with van der Waals surface area (Å²) >= 11 is 0. The summed E-state index contributed by atoms with van der Waals surface area (Å²) in [6, 6.07) is 4.87. The van der Waals surface area contributed by atoms with Gasteiger partial charge < -0.3 is 10.8 Å². The highest BCUT2D eigenvalue weighted by atomic mass is 32.2. The van der Waals surface area contributed by atoms with Crippen molar-refractivity contribution in [1.29, 1.82) is 0 Å². The van der Waals surface area contributed by atoms with Crippen molar-refractivity contribution in [3.05, 3.63) is 23.8 Å². The van der Waals surface area contributed by atoms with Crippen LogP contribution in [0.5, 0.6) is 0 Å². The highest BCUT2D eigenvalue weighted by Gasteiger charge is 2.36. The lowest BCUT2D eigenvalue weighted by molar-refractivity contribution is 0.142. The molecule has 1 aromatic carbocycles. The molecule has 0 unspecified atom stereocenters. The molecule has 1 saturated carbocycles. The number of hydrogen-bond donors (Lipinski definition) is 3. The number of anilines is 1. The van der Waals surface area contributed by atoms with Gasteiger partial charge in [0.25, 0.3) is 0 Å². The molecule has 0 aromatic heterocycles. The van der Waals surface area contributed by atoms with Crippen LogP contribution < -0.4 is 10.5 Å². The Bertz CT molecular complexity index is 578. The fourth-order valence-corrected chi connectivity index (χ4v) is 4.34. The van der Waals surface area contributed by atoms with Crippen LogP contribution in [0.15, 0.2) is 23.1 Å². The van der Waals surface area contributed by atoms with Crippen LogP contribution in [-0.2, 0) is 10.0 Å². The van der Waals surface area contributed by atoms with Crippen LogP contribution in [0, 0.1) is 6.92 Å². The molecule has 1 fully saturated rings. The van der Waals surface area contributed by atoms with Crippen molar-refractivity contribution in [1.82, 2.24) is 4.72 Å². The summed E-state index contributed by atoms with van der Waals surface area (Å²) in [4.78, 5) is 0.0847. The van der Waals surface area contributed by atoms with Gasteiger partial charge in [0, 0.05) is 0 Å². The van der Waals surface area contributed by atoms with E-state index < -0.39 is 15.6 Å². The number of hydrogen-bond acceptors (Lipinski definition) is 4. The maximum atomic E-state index is 12.5. The zero-order valence-corrected chi connectivity index (χ0v) is 12.5. The van der Waals surface area contributed by atoms with Gasteiger partial charge in [-0.25, -0.2) is 13.1 Å². The van der Waals surface area contributed by atoms with Crippen molar-refractivity contribution in [3.63, 3.8) is 0 Å². The van der Waals surface area contributed by atoms with Crippen molar-refractivity contribution in [2.45, 2.75) is 49.5 Å². The molecule has 0 amide bonds. The van der Waals surface area contributed by atoms with Crippen LogP contribution in [0.25, 0.3) is 0 Å². The molecular weight excluding hydrogens is 276 g/mol. The van der Waals surface area contributed by atoms with Gasteiger partial charge in [0.15, 0.2) is 0 Å². The third-order valence-corrected chi connectivity index (χ3v) is 5.57. The molecule has 0 bridgehead atoms. The second-order valence-electron chi connectivity index (χ2n) is 5.65. The van der Waals surface area contributed by atoms with Gasteiger partial charge in [0.1, 0.15) is 4.90 Å². The minimum atomic E-state index is -3.71. The van der Waals surface area contributed by atoms with Crippen LogP contribution in [0.4, 0.5) is 5.69 Å². The van der Waals surface area contributed by atoms with Crippen LogP contribution in [0.3, 0.4) is 0 Å². The zero-order valence-electron chi connectivity index (χ0n) is 11.7. The number of nitrogens with two attached hydrogens (primary N) is 1. The van der Waals surface area contributed by atoms with Crippen molar-refractivity contribution >= 4 is 15.7 Å². The Hall–Kier alpha value is -1.11. The second kappa shape index (κ2) is 5.71. The lowest BCUT2D eigenvalue weighted by Gasteiger charge is -2.36. The first-order valence-electron chi connectivity index (χ1n) is 6.90. The molecule has 0 spiro atoms. The van der Waals surface area contributed by atoms with Crippen LogP contribution in [0.1, 0.15) is 37.7 Å².